The second-order valence-corrected chi connectivity index (χ2v) is 19.9. The van der Waals surface area contributed by atoms with Crippen molar-refractivity contribution in [2.75, 3.05) is 13.2 Å². The van der Waals surface area contributed by atoms with Gasteiger partial charge in [-0.2, -0.15) is 0 Å². The molecule has 1 aliphatic heterocycles. The second-order valence-electron chi connectivity index (χ2n) is 14.9. The van der Waals surface area contributed by atoms with Crippen molar-refractivity contribution in [3.8, 4) is 0 Å². The molecule has 2 amide bonds. The molecule has 5 unspecified atom stereocenters. The molecule has 2 saturated carbocycles. The number of nitrogens with zero attached hydrogens (tertiary/aromatic N) is 2. The van der Waals surface area contributed by atoms with Gasteiger partial charge in [0.2, 0.25) is 7.59 Å². The van der Waals surface area contributed by atoms with E-state index in [1.165, 1.54) is 21.7 Å². The van der Waals surface area contributed by atoms with E-state index in [4.69, 9.17) is 83.8 Å². The number of hydrogen-bond donors (Lipinski definition) is 0. The van der Waals surface area contributed by atoms with E-state index in [1.54, 1.807) is 0 Å². The van der Waals surface area contributed by atoms with E-state index < -0.39 is 45.1 Å². The number of esters is 1. The fourth-order valence-electron chi connectivity index (χ4n) is 7.16. The maximum Gasteiger partial charge on any atom is 0.429 e. The number of benzene rings is 1. The summed E-state index contributed by atoms with van der Waals surface area (Å²) in [4.78, 5) is 39.3. The molecule has 1 aromatic rings. The lowest BCUT2D eigenvalue weighted by molar-refractivity contribution is -0.148. The smallest absolute Gasteiger partial charge is 0.429 e. The van der Waals surface area contributed by atoms with Crippen molar-refractivity contribution >= 4 is 87.8 Å². The van der Waals surface area contributed by atoms with Crippen molar-refractivity contribution in [3.05, 3.63) is 59.7 Å². The largest absolute Gasteiger partial charge is 0.459 e. The van der Waals surface area contributed by atoms with Gasteiger partial charge in [-0.15, -0.1) is 0 Å². The van der Waals surface area contributed by atoms with E-state index in [1.807, 2.05) is 18.2 Å². The molecule has 278 valence electrons. The minimum absolute atomic E-state index is 0.0250. The zero-order valence-electron chi connectivity index (χ0n) is 29.0. The van der Waals surface area contributed by atoms with E-state index in [2.05, 4.69) is 58.9 Å². The van der Waals surface area contributed by atoms with Crippen LogP contribution in [0, 0.1) is 17.3 Å². The number of amides is 2. The van der Waals surface area contributed by atoms with Gasteiger partial charge in [0.05, 0.1) is 12.1 Å². The third-order valence-electron chi connectivity index (χ3n) is 10.1. The summed E-state index contributed by atoms with van der Waals surface area (Å²) in [6.45, 7) is 9.83. The van der Waals surface area contributed by atoms with Crippen molar-refractivity contribution in [3.63, 3.8) is 0 Å². The number of halogens is 6. The fourth-order valence-corrected chi connectivity index (χ4v) is 7.49. The van der Waals surface area contributed by atoms with Crippen LogP contribution in [0.1, 0.15) is 85.1 Å². The highest BCUT2D eigenvalue weighted by Gasteiger charge is 2.54. The Balaban J connectivity index is 1.38. The van der Waals surface area contributed by atoms with Gasteiger partial charge in [0, 0.05) is 6.08 Å². The van der Waals surface area contributed by atoms with E-state index in [0.29, 0.717) is 37.5 Å². The van der Waals surface area contributed by atoms with Crippen molar-refractivity contribution < 1.29 is 28.6 Å². The summed E-state index contributed by atoms with van der Waals surface area (Å²) in [6, 6.07) is 9.58. The van der Waals surface area contributed by atoms with E-state index in [9.17, 15) is 14.4 Å². The van der Waals surface area contributed by atoms with Crippen molar-refractivity contribution in [2.24, 2.45) is 17.3 Å². The van der Waals surface area contributed by atoms with E-state index >= 15 is 0 Å². The molecule has 0 radical (unpaired) electrons. The molecule has 3 fully saturated rings. The summed E-state index contributed by atoms with van der Waals surface area (Å²) in [5, 5.41) is 2.36. The number of fused-ring (bicyclic) bond motifs is 2. The van der Waals surface area contributed by atoms with Crippen LogP contribution in [0.5, 0.6) is 0 Å². The van der Waals surface area contributed by atoms with Crippen LogP contribution in [0.25, 0.3) is 0 Å². The highest BCUT2D eigenvalue weighted by atomic mass is 35.6. The van der Waals surface area contributed by atoms with Gasteiger partial charge >= 0.3 is 18.2 Å². The van der Waals surface area contributed by atoms with Crippen LogP contribution in [-0.2, 0) is 24.4 Å². The number of ether oxygens (including phenoxy) is 3. The minimum atomic E-state index is -1.84. The molecule has 0 N–H and O–H groups in total. The third-order valence-corrected chi connectivity index (χ3v) is 10.8. The highest BCUT2D eigenvalue weighted by Crippen LogP contribution is 2.45. The molecule has 2 aliphatic carbocycles. The minimum Gasteiger partial charge on any atom is -0.459 e. The first-order valence-corrected chi connectivity index (χ1v) is 19.1. The van der Waals surface area contributed by atoms with Crippen LogP contribution in [0.15, 0.2) is 54.1 Å². The number of allylic oxidation sites excluding steroid dienone is 2. The highest BCUT2D eigenvalue weighted by molar-refractivity contribution is 6.68. The predicted octanol–water partition coefficient (Wildman–Crippen LogP) is 10.7. The Hall–Kier alpha value is -1.55. The molecule has 50 heavy (non-hydrogen) atoms. The van der Waals surface area contributed by atoms with Gasteiger partial charge in [0.1, 0.15) is 19.3 Å². The monoisotopic (exact) mass is 812 g/mol. The molecule has 3 aliphatic rings. The molecular weight excluding hydrogens is 769 g/mol. The van der Waals surface area contributed by atoms with E-state index in [0.717, 1.165) is 24.8 Å². The van der Waals surface area contributed by atoms with Gasteiger partial charge in [-0.3, -0.25) is 0 Å². The number of carbonyl (C=O) groups excluding carboxylic acids is 3. The van der Waals surface area contributed by atoms with Crippen LogP contribution >= 0.6 is 69.6 Å². The normalized spacial score (nSPS) is 24.5. The zero-order valence-corrected chi connectivity index (χ0v) is 33.5. The molecule has 1 heterocycles. The summed E-state index contributed by atoms with van der Waals surface area (Å²) < 4.78 is 12.8. The van der Waals surface area contributed by atoms with Crippen LogP contribution in [-0.4, -0.2) is 67.2 Å². The molecule has 14 heteroatoms. The Morgan fingerprint density at radius 1 is 0.800 bits per heavy atom. The van der Waals surface area contributed by atoms with Crippen LogP contribution in [0.4, 0.5) is 9.59 Å². The zero-order chi connectivity index (χ0) is 37.1. The molecule has 1 aromatic carbocycles. The van der Waals surface area contributed by atoms with Gasteiger partial charge in [-0.1, -0.05) is 147 Å². The molecule has 2 bridgehead atoms. The average Bonchev–Trinajstić information content (AvgIpc) is 3.57. The molecule has 1 saturated heterocycles. The molecule has 4 rings (SSSR count). The molecular formula is C36H46Cl6N2O6. The van der Waals surface area contributed by atoms with Gasteiger partial charge in [0.15, 0.2) is 0 Å². The number of alkyl halides is 6. The summed E-state index contributed by atoms with van der Waals surface area (Å²) in [5.74, 6) is 0.356. The SMILES string of the molecule is CC1CCC(C(C)(C)c2ccccc2)CC1OC(=O)C=CCC(C)(C)CC=C1C2CCC1N(C(=O)OCC(Cl)(Cl)Cl)N2C(=O)OCC(Cl)(Cl)Cl. The Morgan fingerprint density at radius 3 is 1.86 bits per heavy atom. The number of rotatable bonds is 10. The lowest BCUT2D eigenvalue weighted by Crippen LogP contribution is -2.54. The lowest BCUT2D eigenvalue weighted by atomic mass is 9.65. The summed E-state index contributed by atoms with van der Waals surface area (Å²) >= 11 is 34.7. The Kier molecular flexibility index (Phi) is 13.7. The number of carbonyl (C=O) groups is 3. The maximum atomic E-state index is 13.2. The summed E-state index contributed by atoms with van der Waals surface area (Å²) in [7, 11) is 0. The second kappa shape index (κ2) is 16.6. The fraction of sp³-hybridized carbons (Fsp3) is 0.639. The van der Waals surface area contributed by atoms with E-state index in [-0.39, 0.29) is 22.9 Å². The first-order chi connectivity index (χ1) is 23.2. The van der Waals surface area contributed by atoms with Crippen LogP contribution in [0.3, 0.4) is 0 Å². The lowest BCUT2D eigenvalue weighted by Gasteiger charge is -2.42. The van der Waals surface area contributed by atoms with Crippen molar-refractivity contribution in [1.82, 2.24) is 10.0 Å². The Labute approximate surface area is 325 Å². The van der Waals surface area contributed by atoms with Gasteiger partial charge < -0.3 is 14.2 Å². The molecule has 8 nitrogen and oxygen atoms in total. The van der Waals surface area contributed by atoms with Gasteiger partial charge in [-0.05, 0) is 78.7 Å². The first-order valence-electron chi connectivity index (χ1n) is 16.9. The standard InChI is InChI=1S/C36H46Cl6N2O6/c1-23-13-14-25(34(4,5)24-10-7-6-8-11-24)20-29(23)50-30(45)12-9-18-33(2,3)19-17-26-27-15-16-28(26)44(32(47)49-22-36(40,41)42)43(27)31(46)48-21-35(37,38)39/h6-12,17,23,25,27-29H,13-16,18-22H2,1-5H3. The molecule has 0 aromatic heterocycles. The Morgan fingerprint density at radius 2 is 1.34 bits per heavy atom. The van der Waals surface area contributed by atoms with Gasteiger partial charge in [-0.25, -0.2) is 24.4 Å². The molecule has 0 spiro atoms. The quantitative estimate of drug-likeness (QED) is 0.0769. The summed E-state index contributed by atoms with van der Waals surface area (Å²) in [6.07, 6.45) is 8.82. The van der Waals surface area contributed by atoms with Crippen LogP contribution < -0.4 is 0 Å². The summed E-state index contributed by atoms with van der Waals surface area (Å²) in [5.41, 5.74) is 1.87. The maximum absolute atomic E-state index is 13.2. The molecule has 5 atom stereocenters. The first kappa shape index (κ1) is 41.2. The number of hydrogen-bond acceptors (Lipinski definition) is 6. The topological polar surface area (TPSA) is 85.4 Å². The Bertz CT molecular complexity index is 1380. The third kappa shape index (κ3) is 11.0. The van der Waals surface area contributed by atoms with Crippen LogP contribution in [0.2, 0.25) is 0 Å². The average molecular weight is 815 g/mol. The van der Waals surface area contributed by atoms with Crippen molar-refractivity contribution in [2.45, 2.75) is 111 Å². The number of hydrazine groups is 1. The van der Waals surface area contributed by atoms with Crippen molar-refractivity contribution in [1.29, 1.82) is 0 Å². The predicted molar refractivity (Wildman–Crippen MR) is 200 cm³/mol. The van der Waals surface area contributed by atoms with Gasteiger partial charge in [0.25, 0.3) is 0 Å².